The summed E-state index contributed by atoms with van der Waals surface area (Å²) in [5, 5.41) is 7.21. The van der Waals surface area contributed by atoms with Crippen molar-refractivity contribution in [3.63, 3.8) is 0 Å². The number of hydrogen-bond donors (Lipinski definition) is 2. The molecule has 6 heteroatoms. The number of para-hydroxylation sites is 1. The van der Waals surface area contributed by atoms with Crippen LogP contribution in [-0.2, 0) is 9.53 Å². The number of esters is 1. The molecule has 0 radical (unpaired) electrons. The maximum atomic E-state index is 11.7. The predicted molar refractivity (Wildman–Crippen MR) is 60.2 cm³/mol. The molecule has 1 aromatic heterocycles. The van der Waals surface area contributed by atoms with Gasteiger partial charge in [0.2, 0.25) is 0 Å². The lowest BCUT2D eigenvalue weighted by molar-refractivity contribution is -0.125. The third-order valence-electron chi connectivity index (χ3n) is 2.35. The quantitative estimate of drug-likeness (QED) is 0.758. The van der Waals surface area contributed by atoms with Gasteiger partial charge in [0.15, 0.2) is 11.8 Å². The second kappa shape index (κ2) is 4.25. The van der Waals surface area contributed by atoms with Crippen molar-refractivity contribution in [1.29, 1.82) is 0 Å². The summed E-state index contributed by atoms with van der Waals surface area (Å²) in [4.78, 5) is 22.5. The molecule has 0 unspecified atom stereocenters. The van der Waals surface area contributed by atoms with Gasteiger partial charge < -0.3 is 10.5 Å². The number of aromatic amines is 1. The number of primary amides is 1. The van der Waals surface area contributed by atoms with Crippen molar-refractivity contribution in [2.24, 2.45) is 5.73 Å². The fourth-order valence-electron chi connectivity index (χ4n) is 1.39. The highest BCUT2D eigenvalue weighted by Gasteiger charge is 2.20. The number of benzene rings is 1. The predicted octanol–water partition coefficient (Wildman–Crippen LogP) is 0.594. The minimum Gasteiger partial charge on any atom is -0.448 e. The lowest BCUT2D eigenvalue weighted by Gasteiger charge is -2.07. The Bertz CT molecular complexity index is 576. The van der Waals surface area contributed by atoms with Gasteiger partial charge in [-0.05, 0) is 13.0 Å². The molecule has 1 amide bonds. The topological polar surface area (TPSA) is 98.1 Å². The second-order valence-corrected chi connectivity index (χ2v) is 3.57. The number of ether oxygens (including phenoxy) is 1. The summed E-state index contributed by atoms with van der Waals surface area (Å²) in [6.07, 6.45) is -0.974. The van der Waals surface area contributed by atoms with Gasteiger partial charge in [0.25, 0.3) is 5.91 Å². The number of rotatable bonds is 3. The molecule has 17 heavy (non-hydrogen) atoms. The summed E-state index contributed by atoms with van der Waals surface area (Å²) in [7, 11) is 0. The first-order chi connectivity index (χ1) is 8.09. The first kappa shape index (κ1) is 11.1. The molecule has 0 aliphatic carbocycles. The Hall–Kier alpha value is -2.37. The number of nitrogens with two attached hydrogens (primary N) is 1. The molecule has 0 saturated carbocycles. The van der Waals surface area contributed by atoms with Gasteiger partial charge in [-0.1, -0.05) is 18.2 Å². The van der Waals surface area contributed by atoms with E-state index in [1.54, 1.807) is 18.2 Å². The van der Waals surface area contributed by atoms with Gasteiger partial charge in [-0.3, -0.25) is 9.89 Å². The smallest absolute Gasteiger partial charge is 0.360 e. The average Bonchev–Trinajstić information content (AvgIpc) is 2.72. The zero-order valence-corrected chi connectivity index (χ0v) is 9.14. The molecule has 0 fully saturated rings. The van der Waals surface area contributed by atoms with Crippen molar-refractivity contribution in [3.8, 4) is 0 Å². The summed E-state index contributed by atoms with van der Waals surface area (Å²) in [5.41, 5.74) is 5.88. The largest absolute Gasteiger partial charge is 0.448 e. The maximum Gasteiger partial charge on any atom is 0.360 e. The summed E-state index contributed by atoms with van der Waals surface area (Å²) < 4.78 is 4.87. The molecule has 1 heterocycles. The Morgan fingerprint density at radius 3 is 2.82 bits per heavy atom. The number of carbonyl (C=O) groups excluding carboxylic acids is 2. The van der Waals surface area contributed by atoms with Gasteiger partial charge in [0, 0.05) is 5.39 Å². The molecule has 1 atom stereocenters. The molecule has 2 rings (SSSR count). The van der Waals surface area contributed by atoms with Crippen LogP contribution in [0.1, 0.15) is 17.4 Å². The van der Waals surface area contributed by atoms with Crippen LogP contribution in [0, 0.1) is 0 Å². The van der Waals surface area contributed by atoms with Crippen LogP contribution in [-0.4, -0.2) is 28.2 Å². The lowest BCUT2D eigenvalue weighted by Crippen LogP contribution is -2.30. The lowest BCUT2D eigenvalue weighted by atomic mass is 10.2. The number of fused-ring (bicyclic) bond motifs is 1. The third kappa shape index (κ3) is 2.10. The summed E-state index contributed by atoms with van der Waals surface area (Å²) in [6, 6.07) is 7.13. The number of nitrogens with zero attached hydrogens (tertiary/aromatic N) is 1. The maximum absolute atomic E-state index is 11.7. The summed E-state index contributed by atoms with van der Waals surface area (Å²) >= 11 is 0. The summed E-state index contributed by atoms with van der Waals surface area (Å²) in [6.45, 7) is 1.41. The van der Waals surface area contributed by atoms with Crippen LogP contribution in [0.4, 0.5) is 0 Å². The van der Waals surface area contributed by atoms with Gasteiger partial charge in [0.05, 0.1) is 5.52 Å². The van der Waals surface area contributed by atoms with Gasteiger partial charge >= 0.3 is 5.97 Å². The normalized spacial score (nSPS) is 12.3. The van der Waals surface area contributed by atoms with Crippen LogP contribution in [0.25, 0.3) is 10.9 Å². The van der Waals surface area contributed by atoms with Crippen LogP contribution in [0.3, 0.4) is 0 Å². The molecular weight excluding hydrogens is 222 g/mol. The first-order valence-corrected chi connectivity index (χ1v) is 5.03. The molecule has 0 saturated heterocycles. The van der Waals surface area contributed by atoms with Crippen LogP contribution in [0.5, 0.6) is 0 Å². The third-order valence-corrected chi connectivity index (χ3v) is 2.35. The van der Waals surface area contributed by atoms with E-state index in [0.29, 0.717) is 5.39 Å². The van der Waals surface area contributed by atoms with Gasteiger partial charge in [-0.25, -0.2) is 4.79 Å². The Morgan fingerprint density at radius 2 is 2.12 bits per heavy atom. The average molecular weight is 233 g/mol. The number of H-pyrrole nitrogens is 1. The zero-order valence-electron chi connectivity index (χ0n) is 9.14. The molecule has 0 aliphatic heterocycles. The van der Waals surface area contributed by atoms with Gasteiger partial charge in [-0.15, -0.1) is 0 Å². The molecule has 88 valence electrons. The van der Waals surface area contributed by atoms with E-state index in [9.17, 15) is 9.59 Å². The van der Waals surface area contributed by atoms with E-state index in [4.69, 9.17) is 10.5 Å². The van der Waals surface area contributed by atoms with Crippen molar-refractivity contribution in [2.45, 2.75) is 13.0 Å². The highest BCUT2D eigenvalue weighted by molar-refractivity contribution is 6.02. The van der Waals surface area contributed by atoms with E-state index >= 15 is 0 Å². The zero-order chi connectivity index (χ0) is 12.4. The minimum absolute atomic E-state index is 0.147. The minimum atomic E-state index is -0.974. The molecule has 2 aromatic rings. The molecule has 0 spiro atoms. The van der Waals surface area contributed by atoms with Crippen LogP contribution in [0.15, 0.2) is 24.3 Å². The number of hydrogen-bond acceptors (Lipinski definition) is 4. The summed E-state index contributed by atoms with van der Waals surface area (Å²) in [5.74, 6) is -1.37. The van der Waals surface area contributed by atoms with Gasteiger partial charge in [0.1, 0.15) is 0 Å². The Morgan fingerprint density at radius 1 is 1.41 bits per heavy atom. The molecule has 1 aromatic carbocycles. The Balaban J connectivity index is 2.28. The van der Waals surface area contributed by atoms with E-state index in [1.807, 2.05) is 6.07 Å². The van der Waals surface area contributed by atoms with E-state index in [-0.39, 0.29) is 5.69 Å². The van der Waals surface area contributed by atoms with Crippen molar-refractivity contribution in [3.05, 3.63) is 30.0 Å². The Labute approximate surface area is 96.7 Å². The molecule has 0 aliphatic rings. The van der Waals surface area contributed by atoms with Crippen LogP contribution >= 0.6 is 0 Å². The van der Waals surface area contributed by atoms with Crippen molar-refractivity contribution < 1.29 is 14.3 Å². The van der Waals surface area contributed by atoms with E-state index in [2.05, 4.69) is 10.2 Å². The Kier molecular flexibility index (Phi) is 2.78. The second-order valence-electron chi connectivity index (χ2n) is 3.57. The van der Waals surface area contributed by atoms with E-state index < -0.39 is 18.0 Å². The molecular formula is C11H11N3O3. The number of amides is 1. The standard InChI is InChI=1S/C11H11N3O3/c1-6(10(12)15)17-11(16)9-7-4-2-3-5-8(7)13-14-9/h2-6H,1H3,(H2,12,15)(H,13,14)/t6-/m0/s1. The van der Waals surface area contributed by atoms with E-state index in [1.165, 1.54) is 6.92 Å². The van der Waals surface area contributed by atoms with E-state index in [0.717, 1.165) is 5.52 Å². The van der Waals surface area contributed by atoms with Gasteiger partial charge in [-0.2, -0.15) is 5.10 Å². The molecule has 3 N–H and O–H groups in total. The monoisotopic (exact) mass is 233 g/mol. The fraction of sp³-hybridized carbons (Fsp3) is 0.182. The highest BCUT2D eigenvalue weighted by Crippen LogP contribution is 2.16. The van der Waals surface area contributed by atoms with Crippen molar-refractivity contribution in [1.82, 2.24) is 10.2 Å². The number of aromatic nitrogens is 2. The highest BCUT2D eigenvalue weighted by atomic mass is 16.5. The number of nitrogens with one attached hydrogen (secondary N) is 1. The molecule has 6 nitrogen and oxygen atoms in total. The first-order valence-electron chi connectivity index (χ1n) is 5.03. The van der Waals surface area contributed by atoms with Crippen LogP contribution < -0.4 is 5.73 Å². The fourth-order valence-corrected chi connectivity index (χ4v) is 1.39. The number of carbonyl (C=O) groups is 2. The van der Waals surface area contributed by atoms with Crippen LogP contribution in [0.2, 0.25) is 0 Å². The van der Waals surface area contributed by atoms with Crippen molar-refractivity contribution in [2.75, 3.05) is 0 Å². The molecule has 0 bridgehead atoms. The van der Waals surface area contributed by atoms with Crippen molar-refractivity contribution >= 4 is 22.8 Å². The SMILES string of the molecule is C[C@H](OC(=O)c1n[nH]c2ccccc12)C(N)=O.